The highest BCUT2D eigenvalue weighted by atomic mass is 16.4. The van der Waals surface area contributed by atoms with Crippen LogP contribution in [-0.4, -0.2) is 40.1 Å². The van der Waals surface area contributed by atoms with Gasteiger partial charge in [0.25, 0.3) is 0 Å². The van der Waals surface area contributed by atoms with Gasteiger partial charge in [-0.05, 0) is 0 Å². The van der Waals surface area contributed by atoms with Gasteiger partial charge >= 0.3 is 0 Å². The molecule has 0 aromatic heterocycles. The van der Waals surface area contributed by atoms with E-state index in [1.54, 1.807) is 0 Å². The summed E-state index contributed by atoms with van der Waals surface area (Å²) in [5.74, 6) is -4.63. The molecule has 0 saturated carbocycles. The second kappa shape index (κ2) is 5.30. The Morgan fingerprint density at radius 2 is 1.21 bits per heavy atom. The molecule has 0 aromatic rings. The van der Waals surface area contributed by atoms with Crippen molar-refractivity contribution in [3.63, 3.8) is 0 Å². The lowest BCUT2D eigenvalue weighted by atomic mass is 10.1. The van der Waals surface area contributed by atoms with Crippen LogP contribution in [0, 0.1) is 0 Å². The molecule has 7 heteroatoms. The fourth-order valence-corrected chi connectivity index (χ4v) is 0.739. The molecular formula is C7H8O7-2. The largest absolute Gasteiger partial charge is 0.550 e. The van der Waals surface area contributed by atoms with Crippen molar-refractivity contribution in [2.24, 2.45) is 0 Å². The SMILES string of the molecule is O=C([O-])CC(O)C(=O)C(O)CC(=O)[O-]. The predicted molar refractivity (Wildman–Crippen MR) is 36.3 cm³/mol. The van der Waals surface area contributed by atoms with E-state index in [1.165, 1.54) is 0 Å². The van der Waals surface area contributed by atoms with Gasteiger partial charge in [-0.2, -0.15) is 0 Å². The molecule has 0 rings (SSSR count). The van der Waals surface area contributed by atoms with Crippen molar-refractivity contribution in [1.82, 2.24) is 0 Å². The molecule has 0 aliphatic rings. The molecule has 0 fully saturated rings. The average molecular weight is 204 g/mol. The molecule has 7 nitrogen and oxygen atoms in total. The smallest absolute Gasteiger partial charge is 0.190 e. The van der Waals surface area contributed by atoms with E-state index in [0.717, 1.165) is 0 Å². The first-order valence-electron chi connectivity index (χ1n) is 3.64. The first kappa shape index (κ1) is 12.5. The summed E-state index contributed by atoms with van der Waals surface area (Å²) in [4.78, 5) is 30.7. The van der Waals surface area contributed by atoms with E-state index in [0.29, 0.717) is 0 Å². The summed E-state index contributed by atoms with van der Waals surface area (Å²) < 4.78 is 0. The third kappa shape index (κ3) is 4.53. The minimum Gasteiger partial charge on any atom is -0.550 e. The van der Waals surface area contributed by atoms with Crippen molar-refractivity contribution in [1.29, 1.82) is 0 Å². The van der Waals surface area contributed by atoms with E-state index in [2.05, 4.69) is 0 Å². The molecular weight excluding hydrogens is 196 g/mol. The monoisotopic (exact) mass is 204 g/mol. The van der Waals surface area contributed by atoms with Crippen LogP contribution in [0.5, 0.6) is 0 Å². The summed E-state index contributed by atoms with van der Waals surface area (Å²) >= 11 is 0. The third-order valence-corrected chi connectivity index (χ3v) is 1.38. The Morgan fingerprint density at radius 3 is 1.43 bits per heavy atom. The zero-order valence-electron chi connectivity index (χ0n) is 7.00. The van der Waals surface area contributed by atoms with E-state index in [4.69, 9.17) is 10.2 Å². The number of hydrogen-bond donors (Lipinski definition) is 2. The number of rotatable bonds is 6. The number of carboxylic acid groups (broad SMARTS) is 2. The number of aliphatic hydroxyl groups is 2. The molecule has 2 N–H and O–H groups in total. The highest BCUT2D eigenvalue weighted by Crippen LogP contribution is 2.00. The highest BCUT2D eigenvalue weighted by Gasteiger charge is 2.23. The Labute approximate surface area is 78.6 Å². The molecule has 2 unspecified atom stereocenters. The fraction of sp³-hybridized carbons (Fsp3) is 0.571. The van der Waals surface area contributed by atoms with E-state index >= 15 is 0 Å². The van der Waals surface area contributed by atoms with Gasteiger partial charge in [-0.25, -0.2) is 0 Å². The second-order valence-electron chi connectivity index (χ2n) is 2.59. The predicted octanol–water partition coefficient (Wildman–Crippen LogP) is -4.44. The maximum atomic E-state index is 10.8. The van der Waals surface area contributed by atoms with Crippen molar-refractivity contribution >= 4 is 17.7 Å². The Kier molecular flexibility index (Phi) is 4.74. The number of aliphatic hydroxyl groups excluding tert-OH is 2. The molecule has 0 amide bonds. The van der Waals surface area contributed by atoms with Gasteiger partial charge in [0.05, 0.1) is 0 Å². The zero-order chi connectivity index (χ0) is 11.3. The van der Waals surface area contributed by atoms with Crippen molar-refractivity contribution in [2.75, 3.05) is 0 Å². The van der Waals surface area contributed by atoms with Crippen LogP contribution in [0.1, 0.15) is 12.8 Å². The van der Waals surface area contributed by atoms with E-state index in [9.17, 15) is 24.6 Å². The van der Waals surface area contributed by atoms with Gasteiger partial charge in [0.2, 0.25) is 0 Å². The van der Waals surface area contributed by atoms with E-state index in [-0.39, 0.29) is 0 Å². The first-order chi connectivity index (χ1) is 6.34. The maximum absolute atomic E-state index is 10.8. The zero-order valence-corrected chi connectivity index (χ0v) is 7.00. The number of aliphatic carboxylic acids is 2. The summed E-state index contributed by atoms with van der Waals surface area (Å²) in [5.41, 5.74) is 0. The standard InChI is InChI=1S/C7H10O7/c8-3(1-5(10)11)7(14)4(9)2-6(12)13/h3-4,8-9H,1-2H2,(H,10,11)(H,12,13)/p-2. The van der Waals surface area contributed by atoms with E-state index < -0.39 is 42.8 Å². The van der Waals surface area contributed by atoms with Crippen molar-refractivity contribution in [2.45, 2.75) is 25.0 Å². The van der Waals surface area contributed by atoms with Gasteiger partial charge < -0.3 is 30.0 Å². The quantitative estimate of drug-likeness (QED) is 0.445. The third-order valence-electron chi connectivity index (χ3n) is 1.38. The lowest BCUT2D eigenvalue weighted by Gasteiger charge is -2.15. The minimum atomic E-state index is -1.96. The van der Waals surface area contributed by atoms with Crippen LogP contribution in [0.15, 0.2) is 0 Å². The number of carbonyl (C=O) groups is 3. The lowest BCUT2D eigenvalue weighted by Crippen LogP contribution is -2.40. The molecule has 0 aliphatic carbocycles. The number of carbonyl (C=O) groups excluding carboxylic acids is 3. The molecule has 0 spiro atoms. The molecule has 0 aromatic carbocycles. The van der Waals surface area contributed by atoms with Crippen LogP contribution in [0.2, 0.25) is 0 Å². The summed E-state index contributed by atoms with van der Waals surface area (Å²) in [6.45, 7) is 0. The average Bonchev–Trinajstić information content (AvgIpc) is 2.00. The van der Waals surface area contributed by atoms with Gasteiger partial charge in [0.1, 0.15) is 12.2 Å². The molecule has 0 bridgehead atoms. The summed E-state index contributed by atoms with van der Waals surface area (Å²) in [6, 6.07) is 0. The van der Waals surface area contributed by atoms with Crippen molar-refractivity contribution in [3.05, 3.63) is 0 Å². The Morgan fingerprint density at radius 1 is 0.929 bits per heavy atom. The van der Waals surface area contributed by atoms with Gasteiger partial charge in [0.15, 0.2) is 5.78 Å². The lowest BCUT2D eigenvalue weighted by molar-refractivity contribution is -0.307. The summed E-state index contributed by atoms with van der Waals surface area (Å²) in [7, 11) is 0. The summed E-state index contributed by atoms with van der Waals surface area (Å²) in [5, 5.41) is 37.5. The second-order valence-corrected chi connectivity index (χ2v) is 2.59. The number of hydrogen-bond acceptors (Lipinski definition) is 7. The number of Topliss-reactive ketones (excluding diaryl/α,β-unsaturated/α-hetero) is 1. The van der Waals surface area contributed by atoms with Crippen LogP contribution >= 0.6 is 0 Å². The molecule has 0 saturated heterocycles. The fourth-order valence-electron chi connectivity index (χ4n) is 0.739. The number of carboxylic acids is 2. The van der Waals surface area contributed by atoms with Crippen molar-refractivity contribution in [3.8, 4) is 0 Å². The van der Waals surface area contributed by atoms with E-state index in [1.807, 2.05) is 0 Å². The Hall–Kier alpha value is -1.47. The van der Waals surface area contributed by atoms with Crippen LogP contribution in [0.4, 0.5) is 0 Å². The van der Waals surface area contributed by atoms with Crippen LogP contribution < -0.4 is 10.2 Å². The molecule has 80 valence electrons. The molecule has 0 radical (unpaired) electrons. The van der Waals surface area contributed by atoms with Crippen molar-refractivity contribution < 1.29 is 34.8 Å². The van der Waals surface area contributed by atoms with Crippen LogP contribution in [0.3, 0.4) is 0 Å². The topological polar surface area (TPSA) is 138 Å². The summed E-state index contributed by atoms with van der Waals surface area (Å²) in [6.07, 6.45) is -5.89. The highest BCUT2D eigenvalue weighted by molar-refractivity contribution is 5.91. The van der Waals surface area contributed by atoms with Gasteiger partial charge in [-0.1, -0.05) is 0 Å². The Bertz CT molecular complexity index is 222. The Balaban J connectivity index is 4.16. The van der Waals surface area contributed by atoms with Gasteiger partial charge in [-0.15, -0.1) is 0 Å². The first-order valence-corrected chi connectivity index (χ1v) is 3.64. The van der Waals surface area contributed by atoms with Crippen LogP contribution in [-0.2, 0) is 14.4 Å². The van der Waals surface area contributed by atoms with Gasteiger partial charge in [-0.3, -0.25) is 4.79 Å². The number of ketones is 1. The van der Waals surface area contributed by atoms with Gasteiger partial charge in [0, 0.05) is 24.8 Å². The molecule has 0 heterocycles. The van der Waals surface area contributed by atoms with Crippen LogP contribution in [0.25, 0.3) is 0 Å². The minimum absolute atomic E-state index is 0.983. The molecule has 2 atom stereocenters. The molecule has 0 aliphatic heterocycles. The maximum Gasteiger partial charge on any atom is 0.190 e. The molecule has 14 heavy (non-hydrogen) atoms. The normalized spacial score (nSPS) is 14.4.